The van der Waals surface area contributed by atoms with Gasteiger partial charge in [0, 0.05) is 28.0 Å². The van der Waals surface area contributed by atoms with Crippen LogP contribution in [0.15, 0.2) is 48.5 Å². The molecule has 0 spiro atoms. The molecule has 2 nitrogen and oxygen atoms in total. The van der Waals surface area contributed by atoms with Crippen molar-refractivity contribution in [3.05, 3.63) is 64.5 Å². The number of methoxy groups -OCH3 is 1. The molecule has 2 N–H and O–H groups in total. The van der Waals surface area contributed by atoms with Crippen LogP contribution in [0.1, 0.15) is 28.3 Å². The van der Waals surface area contributed by atoms with Crippen LogP contribution in [-0.2, 0) is 6.42 Å². The fourth-order valence-corrected chi connectivity index (χ4v) is 4.43. The predicted molar refractivity (Wildman–Crippen MR) is 93.0 cm³/mol. The second kappa shape index (κ2) is 5.41. The van der Waals surface area contributed by atoms with Gasteiger partial charge in [0.15, 0.2) is 0 Å². The third-order valence-corrected chi connectivity index (χ3v) is 5.62. The Morgan fingerprint density at radius 1 is 1.18 bits per heavy atom. The Morgan fingerprint density at radius 3 is 2.64 bits per heavy atom. The van der Waals surface area contributed by atoms with Crippen molar-refractivity contribution < 1.29 is 4.74 Å². The van der Waals surface area contributed by atoms with Gasteiger partial charge in [-0.25, -0.2) is 0 Å². The summed E-state index contributed by atoms with van der Waals surface area (Å²) in [6.45, 7) is 0. The van der Waals surface area contributed by atoms with Crippen molar-refractivity contribution in [1.29, 1.82) is 0 Å². The lowest BCUT2D eigenvalue weighted by Crippen LogP contribution is -2.02. The summed E-state index contributed by atoms with van der Waals surface area (Å²) in [6.07, 6.45) is 2.09. The molecule has 3 heteroatoms. The van der Waals surface area contributed by atoms with E-state index in [0.717, 1.165) is 18.6 Å². The molecule has 1 aliphatic carbocycles. The summed E-state index contributed by atoms with van der Waals surface area (Å²) in [5.41, 5.74) is 8.97. The minimum Gasteiger partial charge on any atom is -0.497 e. The first kappa shape index (κ1) is 13.8. The number of nitrogens with two attached hydrogens (primary N) is 1. The van der Waals surface area contributed by atoms with Gasteiger partial charge >= 0.3 is 0 Å². The lowest BCUT2D eigenvalue weighted by molar-refractivity contribution is 0.415. The fraction of sp³-hybridized carbons (Fsp3) is 0.263. The Hall–Kier alpha value is -1.84. The van der Waals surface area contributed by atoms with Crippen LogP contribution >= 0.6 is 11.3 Å². The molecule has 1 heterocycles. The highest BCUT2D eigenvalue weighted by molar-refractivity contribution is 7.19. The monoisotopic (exact) mass is 309 g/mol. The van der Waals surface area contributed by atoms with Crippen LogP contribution in [0, 0.1) is 0 Å². The van der Waals surface area contributed by atoms with Crippen molar-refractivity contribution in [3.8, 4) is 5.75 Å². The lowest BCUT2D eigenvalue weighted by atomic mass is 10.0. The van der Waals surface area contributed by atoms with Crippen molar-refractivity contribution in [2.45, 2.75) is 24.8 Å². The second-order valence-corrected chi connectivity index (χ2v) is 7.11. The molecule has 4 rings (SSSR count). The zero-order valence-corrected chi connectivity index (χ0v) is 13.4. The maximum atomic E-state index is 6.15. The number of ether oxygens (including phenoxy) is 1. The van der Waals surface area contributed by atoms with Gasteiger partial charge in [-0.1, -0.05) is 30.3 Å². The van der Waals surface area contributed by atoms with Crippen molar-refractivity contribution >= 4 is 21.4 Å². The summed E-state index contributed by atoms with van der Waals surface area (Å²) in [4.78, 5) is 1.45. The molecule has 0 unspecified atom stereocenters. The van der Waals surface area contributed by atoms with Gasteiger partial charge in [-0.15, -0.1) is 11.3 Å². The summed E-state index contributed by atoms with van der Waals surface area (Å²) in [6, 6.07) is 17.4. The number of fused-ring (bicyclic) bond motifs is 1. The maximum absolute atomic E-state index is 6.15. The standard InChI is InChI=1S/C19H19NOS/c1-21-13-7-8-17-15(10-13)19(14-11-16(14)20)18(22-17)9-12-5-3-2-4-6-12/h2-8,10,14,16H,9,11,20H2,1H3/t14-,16-/m1/s1. The zero-order chi connectivity index (χ0) is 15.1. The Balaban J connectivity index is 1.83. The molecule has 0 amide bonds. The summed E-state index contributed by atoms with van der Waals surface area (Å²) < 4.78 is 6.74. The lowest BCUT2D eigenvalue weighted by Gasteiger charge is -2.05. The topological polar surface area (TPSA) is 35.2 Å². The zero-order valence-electron chi connectivity index (χ0n) is 12.6. The largest absolute Gasteiger partial charge is 0.497 e. The van der Waals surface area contributed by atoms with Gasteiger partial charge in [0.1, 0.15) is 5.75 Å². The molecule has 22 heavy (non-hydrogen) atoms. The van der Waals surface area contributed by atoms with Crippen LogP contribution in [-0.4, -0.2) is 13.2 Å². The quantitative estimate of drug-likeness (QED) is 0.779. The SMILES string of the molecule is COc1ccc2sc(Cc3ccccc3)c([C@@H]3C[C@H]3N)c2c1. The smallest absolute Gasteiger partial charge is 0.119 e. The third-order valence-electron chi connectivity index (χ3n) is 4.43. The summed E-state index contributed by atoms with van der Waals surface area (Å²) in [5, 5.41) is 1.33. The van der Waals surface area contributed by atoms with Crippen LogP contribution in [0.5, 0.6) is 5.75 Å². The molecule has 112 valence electrons. The van der Waals surface area contributed by atoms with Crippen LogP contribution in [0.3, 0.4) is 0 Å². The first-order valence-electron chi connectivity index (χ1n) is 7.65. The highest BCUT2D eigenvalue weighted by Gasteiger charge is 2.38. The second-order valence-electron chi connectivity index (χ2n) is 5.97. The van der Waals surface area contributed by atoms with Crippen LogP contribution in [0.25, 0.3) is 10.1 Å². The Bertz CT molecular complexity index is 809. The summed E-state index contributed by atoms with van der Waals surface area (Å²) in [7, 11) is 1.72. The Labute approximate surface area is 134 Å². The van der Waals surface area contributed by atoms with Gasteiger partial charge in [0.05, 0.1) is 7.11 Å². The van der Waals surface area contributed by atoms with Crippen molar-refractivity contribution in [3.63, 3.8) is 0 Å². The first-order chi connectivity index (χ1) is 10.8. The van der Waals surface area contributed by atoms with E-state index in [1.807, 2.05) is 17.4 Å². The predicted octanol–water partition coefficient (Wildman–Crippen LogP) is 4.32. The molecule has 1 fully saturated rings. The first-order valence-corrected chi connectivity index (χ1v) is 8.46. The van der Waals surface area contributed by atoms with Crippen molar-refractivity contribution in [2.24, 2.45) is 5.73 Å². The molecule has 2 atom stereocenters. The normalized spacial score (nSPS) is 20.3. The van der Waals surface area contributed by atoms with E-state index in [1.165, 1.54) is 26.1 Å². The number of thiophene rings is 1. The van der Waals surface area contributed by atoms with Gasteiger partial charge in [-0.3, -0.25) is 0 Å². The van der Waals surface area contributed by atoms with E-state index in [-0.39, 0.29) is 0 Å². The van der Waals surface area contributed by atoms with Gasteiger partial charge in [-0.05, 0) is 41.1 Å². The average molecular weight is 309 g/mol. The molecular formula is C19H19NOS. The highest BCUT2D eigenvalue weighted by atomic mass is 32.1. The van der Waals surface area contributed by atoms with E-state index in [0.29, 0.717) is 12.0 Å². The number of hydrogen-bond donors (Lipinski definition) is 1. The number of hydrogen-bond acceptors (Lipinski definition) is 3. The van der Waals surface area contributed by atoms with E-state index < -0.39 is 0 Å². The van der Waals surface area contributed by atoms with E-state index in [1.54, 1.807) is 7.11 Å². The van der Waals surface area contributed by atoms with E-state index in [9.17, 15) is 0 Å². The Kier molecular flexibility index (Phi) is 3.40. The molecule has 0 radical (unpaired) electrons. The summed E-state index contributed by atoms with van der Waals surface area (Å²) >= 11 is 1.90. The third kappa shape index (κ3) is 2.40. The Morgan fingerprint density at radius 2 is 1.95 bits per heavy atom. The summed E-state index contributed by atoms with van der Waals surface area (Å²) in [5.74, 6) is 1.44. The number of rotatable bonds is 4. The van der Waals surface area contributed by atoms with Gasteiger partial charge in [0.2, 0.25) is 0 Å². The van der Waals surface area contributed by atoms with Crippen LogP contribution < -0.4 is 10.5 Å². The highest BCUT2D eigenvalue weighted by Crippen LogP contribution is 2.48. The molecule has 0 saturated heterocycles. The molecule has 1 saturated carbocycles. The minimum atomic E-state index is 0.318. The molecule has 0 bridgehead atoms. The van der Waals surface area contributed by atoms with E-state index in [4.69, 9.17) is 10.5 Å². The molecule has 1 aliphatic rings. The van der Waals surface area contributed by atoms with Crippen LogP contribution in [0.2, 0.25) is 0 Å². The average Bonchev–Trinajstić information content (AvgIpc) is 3.15. The minimum absolute atomic E-state index is 0.318. The van der Waals surface area contributed by atoms with Crippen LogP contribution in [0.4, 0.5) is 0 Å². The molecular weight excluding hydrogens is 290 g/mol. The fourth-order valence-electron chi connectivity index (χ4n) is 3.14. The van der Waals surface area contributed by atoms with Gasteiger partial charge in [0.25, 0.3) is 0 Å². The molecule has 1 aromatic heterocycles. The molecule has 0 aliphatic heterocycles. The van der Waals surface area contributed by atoms with E-state index in [2.05, 4.69) is 42.5 Å². The van der Waals surface area contributed by atoms with Gasteiger partial charge in [-0.2, -0.15) is 0 Å². The maximum Gasteiger partial charge on any atom is 0.119 e. The number of benzene rings is 2. The molecule has 2 aromatic carbocycles. The van der Waals surface area contributed by atoms with Crippen molar-refractivity contribution in [1.82, 2.24) is 0 Å². The van der Waals surface area contributed by atoms with Crippen molar-refractivity contribution in [2.75, 3.05) is 7.11 Å². The van der Waals surface area contributed by atoms with Gasteiger partial charge < -0.3 is 10.5 Å². The van der Waals surface area contributed by atoms with E-state index >= 15 is 0 Å². The molecule has 3 aromatic rings.